The third-order valence-electron chi connectivity index (χ3n) is 7.04. The number of hydrogen-bond acceptors (Lipinski definition) is 2. The van der Waals surface area contributed by atoms with E-state index in [2.05, 4.69) is 0 Å². The Labute approximate surface area is 103 Å². The van der Waals surface area contributed by atoms with Crippen molar-refractivity contribution in [2.45, 2.75) is 57.7 Å². The first-order chi connectivity index (χ1) is 8.09. The summed E-state index contributed by atoms with van der Waals surface area (Å²) in [6, 6.07) is 0. The molecule has 4 rings (SSSR count). The monoisotopic (exact) mass is 236 g/mol. The second-order valence-corrected chi connectivity index (χ2v) is 7.27. The predicted molar refractivity (Wildman–Crippen MR) is 65.0 cm³/mol. The molecule has 2 heteroatoms. The Bertz CT molecular complexity index is 351. The zero-order valence-electron chi connectivity index (χ0n) is 10.7. The topological polar surface area (TPSA) is 40.5 Å². The summed E-state index contributed by atoms with van der Waals surface area (Å²) in [5, 5.41) is 21.1. The molecule has 0 radical (unpaired) electrons. The van der Waals surface area contributed by atoms with Crippen LogP contribution in [0.3, 0.4) is 0 Å². The van der Waals surface area contributed by atoms with Crippen LogP contribution in [0.2, 0.25) is 0 Å². The first kappa shape index (κ1) is 10.8. The lowest BCUT2D eigenvalue weighted by molar-refractivity contribution is -0.262. The third kappa shape index (κ3) is 1.06. The minimum atomic E-state index is -1.40. The fourth-order valence-corrected chi connectivity index (χ4v) is 6.56. The lowest BCUT2D eigenvalue weighted by Gasteiger charge is -2.48. The maximum absolute atomic E-state index is 10.5. The van der Waals surface area contributed by atoms with E-state index in [0.29, 0.717) is 12.3 Å². The van der Waals surface area contributed by atoms with Gasteiger partial charge in [-0.2, -0.15) is 0 Å². The summed E-state index contributed by atoms with van der Waals surface area (Å²) >= 11 is 0. The van der Waals surface area contributed by atoms with Crippen LogP contribution in [0.15, 0.2) is 0 Å². The maximum Gasteiger partial charge on any atom is 0.168 e. The molecular weight excluding hydrogens is 212 g/mol. The fraction of sp³-hybridized carbons (Fsp3) is 1.00. The lowest BCUT2D eigenvalue weighted by atomic mass is 9.60. The molecule has 4 aliphatic carbocycles. The molecule has 4 aliphatic rings. The van der Waals surface area contributed by atoms with Crippen LogP contribution in [0.5, 0.6) is 0 Å². The number of rotatable bonds is 2. The largest absolute Gasteiger partial charge is 0.365 e. The van der Waals surface area contributed by atoms with Gasteiger partial charge >= 0.3 is 0 Å². The minimum Gasteiger partial charge on any atom is -0.365 e. The van der Waals surface area contributed by atoms with Gasteiger partial charge < -0.3 is 10.2 Å². The Balaban J connectivity index is 1.78. The highest BCUT2D eigenvalue weighted by Crippen LogP contribution is 2.74. The number of hydrogen-bond donors (Lipinski definition) is 2. The summed E-state index contributed by atoms with van der Waals surface area (Å²) in [5.74, 6) is 2.68. The molecule has 4 bridgehead atoms. The van der Waals surface area contributed by atoms with Crippen LogP contribution in [-0.2, 0) is 0 Å². The summed E-state index contributed by atoms with van der Waals surface area (Å²) in [4.78, 5) is 0. The summed E-state index contributed by atoms with van der Waals surface area (Å²) in [6.07, 6.45) is 8.12. The molecule has 17 heavy (non-hydrogen) atoms. The quantitative estimate of drug-likeness (QED) is 0.571. The van der Waals surface area contributed by atoms with E-state index in [-0.39, 0.29) is 5.41 Å². The van der Waals surface area contributed by atoms with Crippen molar-refractivity contribution in [3.05, 3.63) is 0 Å². The smallest absolute Gasteiger partial charge is 0.168 e. The van der Waals surface area contributed by atoms with E-state index < -0.39 is 5.79 Å². The second kappa shape index (κ2) is 3.08. The number of aliphatic hydroxyl groups is 2. The molecule has 96 valence electrons. The van der Waals surface area contributed by atoms with Crippen molar-refractivity contribution in [3.8, 4) is 0 Å². The Morgan fingerprint density at radius 3 is 2.65 bits per heavy atom. The normalized spacial score (nSPS) is 55.6. The molecule has 4 fully saturated rings. The van der Waals surface area contributed by atoms with Gasteiger partial charge in [-0.3, -0.25) is 0 Å². The second-order valence-electron chi connectivity index (χ2n) is 7.27. The van der Waals surface area contributed by atoms with E-state index in [1.807, 2.05) is 6.92 Å². The molecular formula is C15H24O2. The van der Waals surface area contributed by atoms with E-state index >= 15 is 0 Å². The van der Waals surface area contributed by atoms with Crippen molar-refractivity contribution in [3.63, 3.8) is 0 Å². The van der Waals surface area contributed by atoms with Crippen LogP contribution in [0.25, 0.3) is 0 Å². The van der Waals surface area contributed by atoms with Crippen LogP contribution < -0.4 is 0 Å². The van der Waals surface area contributed by atoms with E-state index in [4.69, 9.17) is 0 Å². The Kier molecular flexibility index (Phi) is 1.96. The van der Waals surface area contributed by atoms with E-state index in [1.54, 1.807) is 0 Å². The molecule has 0 aromatic rings. The number of fused-ring (bicyclic) bond motifs is 9. The maximum atomic E-state index is 10.5. The van der Waals surface area contributed by atoms with Crippen molar-refractivity contribution >= 4 is 0 Å². The molecule has 0 spiro atoms. The molecule has 4 saturated carbocycles. The van der Waals surface area contributed by atoms with Gasteiger partial charge in [-0.25, -0.2) is 0 Å². The molecule has 2 N–H and O–H groups in total. The molecule has 0 amide bonds. The highest BCUT2D eigenvalue weighted by atomic mass is 16.5. The van der Waals surface area contributed by atoms with Crippen molar-refractivity contribution < 1.29 is 10.2 Å². The molecule has 0 aliphatic heterocycles. The Morgan fingerprint density at radius 2 is 1.88 bits per heavy atom. The van der Waals surface area contributed by atoms with E-state index in [1.165, 1.54) is 25.7 Å². The molecule has 0 saturated heterocycles. The minimum absolute atomic E-state index is 0.128. The Hall–Kier alpha value is -0.0800. The van der Waals surface area contributed by atoms with Gasteiger partial charge in [-0.1, -0.05) is 6.92 Å². The third-order valence-corrected chi connectivity index (χ3v) is 7.04. The molecule has 2 nitrogen and oxygen atoms in total. The first-order valence-electron chi connectivity index (χ1n) is 7.54. The van der Waals surface area contributed by atoms with Crippen molar-refractivity contribution in [2.75, 3.05) is 0 Å². The van der Waals surface area contributed by atoms with E-state index in [0.717, 1.165) is 36.5 Å². The summed E-state index contributed by atoms with van der Waals surface area (Å²) in [5.41, 5.74) is -0.128. The summed E-state index contributed by atoms with van der Waals surface area (Å²) < 4.78 is 0. The predicted octanol–water partition coefficient (Wildman–Crippen LogP) is 2.54. The summed E-state index contributed by atoms with van der Waals surface area (Å²) in [7, 11) is 0. The summed E-state index contributed by atoms with van der Waals surface area (Å²) in [6.45, 7) is 1.93. The fourth-order valence-electron chi connectivity index (χ4n) is 6.56. The molecule has 6 unspecified atom stereocenters. The highest BCUT2D eigenvalue weighted by Gasteiger charge is 2.71. The van der Waals surface area contributed by atoms with Gasteiger partial charge in [0.25, 0.3) is 0 Å². The van der Waals surface area contributed by atoms with Gasteiger partial charge in [0.2, 0.25) is 0 Å². The standard InChI is InChI=1S/C15H24O2/c1-2-15(16,17)14-6-5-11(8-14)12-9-3-4-10(7-9)13(12)14/h9-13,16-17H,2-8H2,1H3. The average Bonchev–Trinajstić information content (AvgIpc) is 3.06. The van der Waals surface area contributed by atoms with Crippen LogP contribution >= 0.6 is 0 Å². The zero-order chi connectivity index (χ0) is 11.8. The van der Waals surface area contributed by atoms with Crippen LogP contribution in [-0.4, -0.2) is 16.0 Å². The van der Waals surface area contributed by atoms with Crippen LogP contribution in [0.4, 0.5) is 0 Å². The Morgan fingerprint density at radius 1 is 1.12 bits per heavy atom. The highest BCUT2D eigenvalue weighted by molar-refractivity contribution is 5.17. The van der Waals surface area contributed by atoms with Crippen molar-refractivity contribution in [2.24, 2.45) is 35.0 Å². The van der Waals surface area contributed by atoms with Crippen LogP contribution in [0.1, 0.15) is 51.9 Å². The molecule has 0 aromatic carbocycles. The lowest BCUT2D eigenvalue weighted by Crippen LogP contribution is -2.52. The van der Waals surface area contributed by atoms with Gasteiger partial charge in [0.15, 0.2) is 5.79 Å². The SMILES string of the molecule is CCC(O)(O)C12CCC(C1)C1C3CCC(C3)C12. The van der Waals surface area contributed by atoms with Crippen LogP contribution in [0, 0.1) is 35.0 Å². The van der Waals surface area contributed by atoms with Gasteiger partial charge in [0.05, 0.1) is 0 Å². The van der Waals surface area contributed by atoms with E-state index in [9.17, 15) is 10.2 Å². The zero-order valence-corrected chi connectivity index (χ0v) is 10.7. The van der Waals surface area contributed by atoms with Gasteiger partial charge in [0, 0.05) is 5.41 Å². The molecule has 0 heterocycles. The van der Waals surface area contributed by atoms with Crippen molar-refractivity contribution in [1.82, 2.24) is 0 Å². The first-order valence-corrected chi connectivity index (χ1v) is 7.54. The van der Waals surface area contributed by atoms with Crippen molar-refractivity contribution in [1.29, 1.82) is 0 Å². The molecule has 0 aromatic heterocycles. The van der Waals surface area contributed by atoms with Gasteiger partial charge in [-0.15, -0.1) is 0 Å². The molecule has 6 atom stereocenters. The van der Waals surface area contributed by atoms with Gasteiger partial charge in [0.1, 0.15) is 0 Å². The average molecular weight is 236 g/mol. The van der Waals surface area contributed by atoms with Gasteiger partial charge in [-0.05, 0) is 74.5 Å².